The number of amides is 2. The summed E-state index contributed by atoms with van der Waals surface area (Å²) < 4.78 is 0. The fourth-order valence-electron chi connectivity index (χ4n) is 3.69. The summed E-state index contributed by atoms with van der Waals surface area (Å²) in [5.41, 5.74) is 0. The lowest BCUT2D eigenvalue weighted by Gasteiger charge is -2.33. The maximum Gasteiger partial charge on any atom is 0.245 e. The van der Waals surface area contributed by atoms with Crippen molar-refractivity contribution in [1.82, 2.24) is 10.2 Å². The van der Waals surface area contributed by atoms with Crippen LogP contribution in [0.5, 0.6) is 0 Å². The predicted octanol–water partition coefficient (Wildman–Crippen LogP) is 2.58. The van der Waals surface area contributed by atoms with Crippen LogP contribution in [-0.4, -0.2) is 35.8 Å². The Kier molecular flexibility index (Phi) is 5.65. The Hall–Kier alpha value is -1.06. The van der Waals surface area contributed by atoms with E-state index < -0.39 is 0 Å². The molecule has 0 aromatic heterocycles. The maximum atomic E-state index is 12.8. The molecule has 2 rings (SSSR count). The molecule has 0 aromatic carbocycles. The highest BCUT2D eigenvalue weighted by molar-refractivity contribution is 5.90. The second-order valence-corrected chi connectivity index (χ2v) is 7.10. The van der Waals surface area contributed by atoms with Crippen LogP contribution in [0.15, 0.2) is 0 Å². The fourth-order valence-corrected chi connectivity index (χ4v) is 3.69. The largest absolute Gasteiger partial charge is 0.344 e. The smallest absolute Gasteiger partial charge is 0.245 e. The van der Waals surface area contributed by atoms with E-state index in [1.54, 1.807) is 0 Å². The minimum Gasteiger partial charge on any atom is -0.344 e. The quantitative estimate of drug-likeness (QED) is 0.866. The van der Waals surface area contributed by atoms with E-state index in [2.05, 4.69) is 26.1 Å². The van der Waals surface area contributed by atoms with Gasteiger partial charge in [0.2, 0.25) is 11.8 Å². The Labute approximate surface area is 128 Å². The maximum absolute atomic E-state index is 12.8. The first-order valence-corrected chi connectivity index (χ1v) is 8.59. The number of nitrogens with zero attached hydrogens (tertiary/aromatic N) is 1. The number of hydrogen-bond donors (Lipinski definition) is 1. The molecule has 4 heteroatoms. The third kappa shape index (κ3) is 4.21. The SMILES string of the molecule is CCC(C)C1NC(=O)CCN(CC2CCCC(C)C2)C1=O. The molecule has 21 heavy (non-hydrogen) atoms. The van der Waals surface area contributed by atoms with Crippen LogP contribution in [0.1, 0.15) is 59.3 Å². The molecule has 2 aliphatic rings. The second kappa shape index (κ2) is 7.28. The Morgan fingerprint density at radius 1 is 1.33 bits per heavy atom. The zero-order chi connectivity index (χ0) is 15.4. The molecule has 1 heterocycles. The Bertz CT molecular complexity index is 383. The lowest BCUT2D eigenvalue weighted by molar-refractivity contribution is -0.135. The van der Waals surface area contributed by atoms with Crippen molar-refractivity contribution in [3.63, 3.8) is 0 Å². The van der Waals surface area contributed by atoms with Crippen LogP contribution in [0, 0.1) is 17.8 Å². The second-order valence-electron chi connectivity index (χ2n) is 7.10. The van der Waals surface area contributed by atoms with Crippen molar-refractivity contribution in [3.8, 4) is 0 Å². The zero-order valence-electron chi connectivity index (χ0n) is 13.7. The van der Waals surface area contributed by atoms with Gasteiger partial charge in [0.25, 0.3) is 0 Å². The Balaban J connectivity index is 2.03. The zero-order valence-corrected chi connectivity index (χ0v) is 13.7. The van der Waals surface area contributed by atoms with Gasteiger partial charge in [-0.2, -0.15) is 0 Å². The minimum absolute atomic E-state index is 0.0214. The lowest BCUT2D eigenvalue weighted by Crippen LogP contribution is -2.49. The molecule has 0 radical (unpaired) electrons. The van der Waals surface area contributed by atoms with Gasteiger partial charge in [-0.05, 0) is 30.6 Å². The highest BCUT2D eigenvalue weighted by Gasteiger charge is 2.34. The van der Waals surface area contributed by atoms with E-state index in [1.807, 2.05) is 4.90 Å². The molecule has 4 atom stereocenters. The van der Waals surface area contributed by atoms with E-state index >= 15 is 0 Å². The average molecular weight is 294 g/mol. The van der Waals surface area contributed by atoms with Crippen LogP contribution < -0.4 is 5.32 Å². The van der Waals surface area contributed by atoms with E-state index in [1.165, 1.54) is 25.7 Å². The van der Waals surface area contributed by atoms with Crippen molar-refractivity contribution >= 4 is 11.8 Å². The molecule has 0 bridgehead atoms. The summed E-state index contributed by atoms with van der Waals surface area (Å²) in [4.78, 5) is 26.6. The van der Waals surface area contributed by atoms with Gasteiger partial charge in [-0.1, -0.05) is 40.0 Å². The van der Waals surface area contributed by atoms with Crippen molar-refractivity contribution in [2.45, 2.75) is 65.3 Å². The summed E-state index contributed by atoms with van der Waals surface area (Å²) in [5, 5.41) is 2.93. The van der Waals surface area contributed by atoms with Gasteiger partial charge >= 0.3 is 0 Å². The van der Waals surface area contributed by atoms with Crippen molar-refractivity contribution in [3.05, 3.63) is 0 Å². The number of nitrogens with one attached hydrogen (secondary N) is 1. The number of carbonyl (C=O) groups is 2. The molecule has 120 valence electrons. The van der Waals surface area contributed by atoms with Crippen molar-refractivity contribution in [1.29, 1.82) is 0 Å². The highest BCUT2D eigenvalue weighted by atomic mass is 16.2. The molecular weight excluding hydrogens is 264 g/mol. The molecule has 1 aliphatic heterocycles. The molecule has 1 saturated heterocycles. The third-order valence-corrected chi connectivity index (χ3v) is 5.24. The Morgan fingerprint density at radius 3 is 2.76 bits per heavy atom. The van der Waals surface area contributed by atoms with E-state index in [0.717, 1.165) is 18.9 Å². The van der Waals surface area contributed by atoms with Gasteiger partial charge in [0, 0.05) is 19.5 Å². The standard InChI is InChI=1S/C17H30N2O2/c1-4-13(3)16-17(21)19(9-8-15(20)18-16)11-14-7-5-6-12(2)10-14/h12-14,16H,4-11H2,1-3H3,(H,18,20). The van der Waals surface area contributed by atoms with Crippen molar-refractivity contribution < 1.29 is 9.59 Å². The number of carbonyl (C=O) groups excluding carboxylic acids is 2. The van der Waals surface area contributed by atoms with Crippen LogP contribution in [0.3, 0.4) is 0 Å². The normalized spacial score (nSPS) is 32.5. The van der Waals surface area contributed by atoms with Gasteiger partial charge in [-0.3, -0.25) is 9.59 Å². The topological polar surface area (TPSA) is 49.4 Å². The molecule has 1 aliphatic carbocycles. The molecule has 0 aromatic rings. The van der Waals surface area contributed by atoms with Gasteiger partial charge < -0.3 is 10.2 Å². The van der Waals surface area contributed by atoms with Gasteiger partial charge in [-0.25, -0.2) is 0 Å². The first-order chi connectivity index (χ1) is 10.0. The molecule has 1 N–H and O–H groups in total. The van der Waals surface area contributed by atoms with Crippen LogP contribution in [0.2, 0.25) is 0 Å². The van der Waals surface area contributed by atoms with Crippen LogP contribution >= 0.6 is 0 Å². The van der Waals surface area contributed by atoms with Crippen molar-refractivity contribution in [2.75, 3.05) is 13.1 Å². The summed E-state index contributed by atoms with van der Waals surface area (Å²) >= 11 is 0. The summed E-state index contributed by atoms with van der Waals surface area (Å²) in [5.74, 6) is 1.74. The molecule has 4 nitrogen and oxygen atoms in total. The fraction of sp³-hybridized carbons (Fsp3) is 0.882. The third-order valence-electron chi connectivity index (χ3n) is 5.24. The summed E-state index contributed by atoms with van der Waals surface area (Å²) in [7, 11) is 0. The highest BCUT2D eigenvalue weighted by Crippen LogP contribution is 2.29. The molecular formula is C17H30N2O2. The first kappa shape index (κ1) is 16.3. The summed E-state index contributed by atoms with van der Waals surface area (Å²) in [6, 6.07) is -0.328. The monoisotopic (exact) mass is 294 g/mol. The van der Waals surface area contributed by atoms with Gasteiger partial charge in [-0.15, -0.1) is 0 Å². The number of rotatable bonds is 4. The summed E-state index contributed by atoms with van der Waals surface area (Å²) in [6.07, 6.45) is 6.40. The van der Waals surface area contributed by atoms with Crippen LogP contribution in [0.4, 0.5) is 0 Å². The lowest BCUT2D eigenvalue weighted by atomic mass is 9.82. The van der Waals surface area contributed by atoms with Crippen molar-refractivity contribution in [2.24, 2.45) is 17.8 Å². The van der Waals surface area contributed by atoms with Gasteiger partial charge in [0.15, 0.2) is 0 Å². The minimum atomic E-state index is -0.328. The van der Waals surface area contributed by atoms with E-state index in [4.69, 9.17) is 0 Å². The summed E-state index contributed by atoms with van der Waals surface area (Å²) in [6.45, 7) is 7.86. The molecule has 2 fully saturated rings. The van der Waals surface area contributed by atoms with Gasteiger partial charge in [0.05, 0.1) is 0 Å². The van der Waals surface area contributed by atoms with E-state index in [-0.39, 0.29) is 23.8 Å². The number of hydrogen-bond acceptors (Lipinski definition) is 2. The molecule has 1 saturated carbocycles. The molecule has 0 spiro atoms. The molecule has 4 unspecified atom stereocenters. The van der Waals surface area contributed by atoms with Gasteiger partial charge in [0.1, 0.15) is 6.04 Å². The first-order valence-electron chi connectivity index (χ1n) is 8.59. The van der Waals surface area contributed by atoms with Crippen LogP contribution in [0.25, 0.3) is 0 Å². The Morgan fingerprint density at radius 2 is 2.10 bits per heavy atom. The molecule has 2 amide bonds. The van der Waals surface area contributed by atoms with E-state index in [9.17, 15) is 9.59 Å². The van der Waals surface area contributed by atoms with E-state index in [0.29, 0.717) is 18.9 Å². The van der Waals surface area contributed by atoms with Crippen LogP contribution in [-0.2, 0) is 9.59 Å². The predicted molar refractivity (Wildman–Crippen MR) is 83.7 cm³/mol. The average Bonchev–Trinajstić information content (AvgIpc) is 2.60.